The molecule has 0 unspecified atom stereocenters. The summed E-state index contributed by atoms with van der Waals surface area (Å²) in [6.45, 7) is 1.57. The molecule has 3 N–H and O–H groups in total. The van der Waals surface area contributed by atoms with E-state index in [1.165, 1.54) is 0 Å². The van der Waals surface area contributed by atoms with E-state index < -0.39 is 24.5 Å². The van der Waals surface area contributed by atoms with Crippen molar-refractivity contribution in [3.05, 3.63) is 29.3 Å². The summed E-state index contributed by atoms with van der Waals surface area (Å²) in [4.78, 5) is 24.4. The Balaban J connectivity index is 2.94. The molecule has 6 heteroatoms. The van der Waals surface area contributed by atoms with Gasteiger partial charge in [0.05, 0.1) is 6.04 Å². The van der Waals surface area contributed by atoms with Gasteiger partial charge in [0.1, 0.15) is 6.54 Å². The van der Waals surface area contributed by atoms with Crippen molar-refractivity contribution < 1.29 is 14.7 Å². The van der Waals surface area contributed by atoms with E-state index in [2.05, 4.69) is 0 Å². The van der Waals surface area contributed by atoms with Gasteiger partial charge in [-0.15, -0.1) is 0 Å². The first-order chi connectivity index (χ1) is 9.45. The zero-order valence-corrected chi connectivity index (χ0v) is 12.1. The van der Waals surface area contributed by atoms with Gasteiger partial charge in [0, 0.05) is 10.7 Å². The molecule has 0 aliphatic heterocycles. The molecular formula is C14H19ClN2O3. The van der Waals surface area contributed by atoms with Gasteiger partial charge in [0.15, 0.2) is 0 Å². The highest BCUT2D eigenvalue weighted by molar-refractivity contribution is 6.31. The number of carbonyl (C=O) groups is 2. The highest BCUT2D eigenvalue weighted by Gasteiger charge is 2.24. The molecule has 1 amide bonds. The van der Waals surface area contributed by atoms with Gasteiger partial charge >= 0.3 is 5.97 Å². The van der Waals surface area contributed by atoms with Gasteiger partial charge < -0.3 is 10.8 Å². The van der Waals surface area contributed by atoms with Crippen molar-refractivity contribution in [1.29, 1.82) is 0 Å². The molecule has 0 saturated carbocycles. The third-order valence-electron chi connectivity index (χ3n) is 2.87. The van der Waals surface area contributed by atoms with Crippen molar-refractivity contribution in [2.75, 3.05) is 11.4 Å². The van der Waals surface area contributed by atoms with Crippen LogP contribution in [-0.4, -0.2) is 29.6 Å². The van der Waals surface area contributed by atoms with Crippen LogP contribution in [0.2, 0.25) is 5.02 Å². The SMILES string of the molecule is CCCC[C@H](N)C(=O)N(CC(=O)O)c1cccc(Cl)c1. The van der Waals surface area contributed by atoms with E-state index >= 15 is 0 Å². The number of nitrogens with two attached hydrogens (primary N) is 1. The second-order valence-electron chi connectivity index (χ2n) is 4.55. The number of anilines is 1. The lowest BCUT2D eigenvalue weighted by molar-refractivity contribution is -0.136. The lowest BCUT2D eigenvalue weighted by Crippen LogP contribution is -2.46. The standard InChI is InChI=1S/C14H19ClN2O3/c1-2-3-7-12(16)14(20)17(9-13(18)19)11-6-4-5-10(15)8-11/h4-6,8,12H,2-3,7,9,16H2,1H3,(H,18,19)/t12-/m0/s1. The molecule has 0 aliphatic carbocycles. The number of carboxylic acid groups (broad SMARTS) is 1. The summed E-state index contributed by atoms with van der Waals surface area (Å²) in [5.74, 6) is -1.50. The van der Waals surface area contributed by atoms with E-state index in [9.17, 15) is 9.59 Å². The topological polar surface area (TPSA) is 83.6 Å². The maximum absolute atomic E-state index is 12.3. The number of carboxylic acids is 1. The number of amides is 1. The number of nitrogens with zero attached hydrogens (tertiary/aromatic N) is 1. The van der Waals surface area contributed by atoms with Gasteiger partial charge in [0.2, 0.25) is 5.91 Å². The first-order valence-electron chi connectivity index (χ1n) is 6.50. The number of unbranched alkanes of at least 4 members (excludes halogenated alkanes) is 1. The van der Waals surface area contributed by atoms with Crippen LogP contribution in [0.4, 0.5) is 5.69 Å². The highest BCUT2D eigenvalue weighted by atomic mass is 35.5. The van der Waals surface area contributed by atoms with Crippen LogP contribution in [0.5, 0.6) is 0 Å². The summed E-state index contributed by atoms with van der Waals surface area (Å²) in [6.07, 6.45) is 2.28. The third-order valence-corrected chi connectivity index (χ3v) is 3.10. The number of aliphatic carboxylic acids is 1. The maximum Gasteiger partial charge on any atom is 0.323 e. The molecule has 20 heavy (non-hydrogen) atoms. The van der Waals surface area contributed by atoms with Crippen molar-refractivity contribution in [3.63, 3.8) is 0 Å². The van der Waals surface area contributed by atoms with Crippen LogP contribution >= 0.6 is 11.6 Å². The Labute approximate surface area is 123 Å². The second-order valence-corrected chi connectivity index (χ2v) is 4.98. The number of hydrogen-bond donors (Lipinski definition) is 2. The quantitative estimate of drug-likeness (QED) is 0.809. The van der Waals surface area contributed by atoms with Gasteiger partial charge in [-0.3, -0.25) is 14.5 Å². The Morgan fingerprint density at radius 1 is 1.45 bits per heavy atom. The fourth-order valence-corrected chi connectivity index (χ4v) is 2.01. The molecule has 0 fully saturated rings. The Morgan fingerprint density at radius 3 is 2.70 bits per heavy atom. The largest absolute Gasteiger partial charge is 0.480 e. The van der Waals surface area contributed by atoms with Crippen molar-refractivity contribution in [3.8, 4) is 0 Å². The number of hydrogen-bond acceptors (Lipinski definition) is 3. The summed E-state index contributed by atoms with van der Waals surface area (Å²) in [7, 11) is 0. The van der Waals surface area contributed by atoms with E-state index in [4.69, 9.17) is 22.4 Å². The summed E-state index contributed by atoms with van der Waals surface area (Å²) < 4.78 is 0. The Hall–Kier alpha value is -1.59. The smallest absolute Gasteiger partial charge is 0.323 e. The zero-order valence-electron chi connectivity index (χ0n) is 11.4. The summed E-state index contributed by atoms with van der Waals surface area (Å²) in [5.41, 5.74) is 6.28. The van der Waals surface area contributed by atoms with Crippen molar-refractivity contribution in [2.24, 2.45) is 5.73 Å². The molecule has 0 aliphatic rings. The summed E-state index contributed by atoms with van der Waals surface area (Å²) in [5, 5.41) is 9.39. The molecule has 1 aromatic carbocycles. The Morgan fingerprint density at radius 2 is 2.15 bits per heavy atom. The number of halogens is 1. The van der Waals surface area contributed by atoms with Crippen molar-refractivity contribution in [2.45, 2.75) is 32.2 Å². The van der Waals surface area contributed by atoms with Crippen LogP contribution < -0.4 is 10.6 Å². The predicted octanol–water partition coefficient (Wildman–Crippen LogP) is 2.28. The van der Waals surface area contributed by atoms with E-state index in [1.54, 1.807) is 24.3 Å². The average molecular weight is 299 g/mol. The molecule has 0 heterocycles. The molecule has 0 aromatic heterocycles. The zero-order chi connectivity index (χ0) is 15.1. The number of rotatable bonds is 7. The molecule has 0 saturated heterocycles. The van der Waals surface area contributed by atoms with Gasteiger partial charge in [-0.2, -0.15) is 0 Å². The van der Waals surface area contributed by atoms with Crippen LogP contribution in [0.1, 0.15) is 26.2 Å². The lowest BCUT2D eigenvalue weighted by atomic mass is 10.1. The van der Waals surface area contributed by atoms with Crippen molar-refractivity contribution >= 4 is 29.2 Å². The third kappa shape index (κ3) is 4.83. The highest BCUT2D eigenvalue weighted by Crippen LogP contribution is 2.20. The van der Waals surface area contributed by atoms with Crippen LogP contribution in [-0.2, 0) is 9.59 Å². The second kappa shape index (κ2) is 7.87. The van der Waals surface area contributed by atoms with Crippen LogP contribution in [0.15, 0.2) is 24.3 Å². The van der Waals surface area contributed by atoms with E-state index in [-0.39, 0.29) is 0 Å². The van der Waals surface area contributed by atoms with Gasteiger partial charge in [-0.05, 0) is 24.6 Å². The number of benzene rings is 1. The van der Waals surface area contributed by atoms with Crippen molar-refractivity contribution in [1.82, 2.24) is 0 Å². The van der Waals surface area contributed by atoms with Gasteiger partial charge in [-0.25, -0.2) is 0 Å². The molecule has 1 rings (SSSR count). The first kappa shape index (κ1) is 16.5. The average Bonchev–Trinajstić information content (AvgIpc) is 2.41. The minimum Gasteiger partial charge on any atom is -0.480 e. The molecule has 110 valence electrons. The molecule has 1 aromatic rings. The maximum atomic E-state index is 12.3. The Bertz CT molecular complexity index is 479. The van der Waals surface area contributed by atoms with Gasteiger partial charge in [-0.1, -0.05) is 37.4 Å². The fourth-order valence-electron chi connectivity index (χ4n) is 1.82. The molecule has 0 radical (unpaired) electrons. The monoisotopic (exact) mass is 298 g/mol. The molecule has 1 atom stereocenters. The number of carbonyl (C=O) groups excluding carboxylic acids is 1. The molecular weight excluding hydrogens is 280 g/mol. The normalized spacial score (nSPS) is 11.9. The van der Waals surface area contributed by atoms with Crippen LogP contribution in [0.25, 0.3) is 0 Å². The molecule has 0 spiro atoms. The van der Waals surface area contributed by atoms with Crippen LogP contribution in [0, 0.1) is 0 Å². The van der Waals surface area contributed by atoms with Crippen LogP contribution in [0.3, 0.4) is 0 Å². The predicted molar refractivity (Wildman–Crippen MR) is 78.9 cm³/mol. The minimum absolute atomic E-state index is 0.400. The molecule has 0 bridgehead atoms. The van der Waals surface area contributed by atoms with E-state index in [0.29, 0.717) is 17.1 Å². The lowest BCUT2D eigenvalue weighted by Gasteiger charge is -2.24. The fraction of sp³-hybridized carbons (Fsp3) is 0.429. The Kier molecular flexibility index (Phi) is 6.48. The summed E-state index contributed by atoms with van der Waals surface area (Å²) in [6, 6.07) is 5.81. The first-order valence-corrected chi connectivity index (χ1v) is 6.87. The summed E-state index contributed by atoms with van der Waals surface area (Å²) >= 11 is 5.88. The van der Waals surface area contributed by atoms with Gasteiger partial charge in [0.25, 0.3) is 0 Å². The minimum atomic E-state index is -1.10. The van der Waals surface area contributed by atoms with E-state index in [1.807, 2.05) is 6.92 Å². The molecule has 5 nitrogen and oxygen atoms in total. The van der Waals surface area contributed by atoms with E-state index in [0.717, 1.165) is 17.7 Å².